The monoisotopic (exact) mass is 204 g/mol. The van der Waals surface area contributed by atoms with Crippen LogP contribution in [0.5, 0.6) is 0 Å². The van der Waals surface area contributed by atoms with Crippen LogP contribution in [0, 0.1) is 0 Å². The molecule has 0 saturated carbocycles. The zero-order valence-electron chi connectivity index (χ0n) is 9.06. The molecule has 0 aromatic rings. The van der Waals surface area contributed by atoms with Crippen LogP contribution in [0.25, 0.3) is 0 Å². The van der Waals surface area contributed by atoms with Gasteiger partial charge in [-0.1, -0.05) is 6.92 Å². The van der Waals surface area contributed by atoms with Crippen molar-refractivity contribution < 1.29 is 19.7 Å². The summed E-state index contributed by atoms with van der Waals surface area (Å²) >= 11 is 0. The highest BCUT2D eigenvalue weighted by Gasteiger charge is 2.35. The molecule has 3 atom stereocenters. The summed E-state index contributed by atoms with van der Waals surface area (Å²) in [6.07, 6.45) is -1.08. The Morgan fingerprint density at radius 1 is 1.43 bits per heavy atom. The van der Waals surface area contributed by atoms with Crippen molar-refractivity contribution in [2.75, 3.05) is 13.2 Å². The maximum absolute atomic E-state index is 9.47. The number of aliphatic hydroxyl groups is 2. The zero-order chi connectivity index (χ0) is 10.8. The third-order valence-electron chi connectivity index (χ3n) is 2.75. The van der Waals surface area contributed by atoms with Gasteiger partial charge in [0.05, 0.1) is 18.8 Å². The summed E-state index contributed by atoms with van der Waals surface area (Å²) in [6.45, 7) is 6.55. The summed E-state index contributed by atoms with van der Waals surface area (Å²) in [6, 6.07) is 0. The minimum atomic E-state index is -0.817. The molecule has 1 heterocycles. The first-order chi connectivity index (χ1) is 6.46. The molecule has 1 aliphatic rings. The van der Waals surface area contributed by atoms with Crippen molar-refractivity contribution in [2.24, 2.45) is 0 Å². The largest absolute Gasteiger partial charge is 0.388 e. The Hall–Kier alpha value is -0.160. The smallest absolute Gasteiger partial charge is 0.110 e. The van der Waals surface area contributed by atoms with E-state index in [2.05, 4.69) is 0 Å². The molecule has 0 aliphatic carbocycles. The Bertz CT molecular complexity index is 181. The molecule has 1 rings (SSSR count). The van der Waals surface area contributed by atoms with Crippen molar-refractivity contribution >= 4 is 0 Å². The van der Waals surface area contributed by atoms with Gasteiger partial charge in [0.25, 0.3) is 0 Å². The van der Waals surface area contributed by atoms with Gasteiger partial charge in [0, 0.05) is 0 Å². The molecular weight excluding hydrogens is 184 g/mol. The van der Waals surface area contributed by atoms with Crippen LogP contribution < -0.4 is 0 Å². The maximum Gasteiger partial charge on any atom is 0.110 e. The Morgan fingerprint density at radius 3 is 2.50 bits per heavy atom. The van der Waals surface area contributed by atoms with Crippen LogP contribution in [0.4, 0.5) is 0 Å². The van der Waals surface area contributed by atoms with E-state index in [4.69, 9.17) is 9.47 Å². The molecule has 14 heavy (non-hydrogen) atoms. The van der Waals surface area contributed by atoms with Crippen molar-refractivity contribution in [3.63, 3.8) is 0 Å². The van der Waals surface area contributed by atoms with Crippen molar-refractivity contribution in [3.05, 3.63) is 0 Å². The molecule has 4 nitrogen and oxygen atoms in total. The van der Waals surface area contributed by atoms with Gasteiger partial charge >= 0.3 is 0 Å². The van der Waals surface area contributed by atoms with Gasteiger partial charge in [-0.25, -0.2) is 0 Å². The highest BCUT2D eigenvalue weighted by Crippen LogP contribution is 2.19. The van der Waals surface area contributed by atoms with Crippen LogP contribution in [0.1, 0.15) is 27.2 Å². The van der Waals surface area contributed by atoms with E-state index in [0.29, 0.717) is 6.61 Å². The minimum absolute atomic E-state index is 0.196. The number of ether oxygens (including phenoxy) is 2. The van der Waals surface area contributed by atoms with Gasteiger partial charge in [-0.2, -0.15) is 0 Å². The zero-order valence-corrected chi connectivity index (χ0v) is 9.06. The maximum atomic E-state index is 9.47. The standard InChI is InChI=1S/C10H20O4/c1-4-10(2,3)14-6-8-9(12)7(11)5-13-8/h7-9,11-12H,4-6H2,1-3H3/t7-,8+,9-/m0/s1. The second-order valence-corrected chi connectivity index (χ2v) is 4.35. The molecular formula is C10H20O4. The lowest BCUT2D eigenvalue weighted by Gasteiger charge is -2.26. The fraction of sp³-hybridized carbons (Fsp3) is 1.00. The SMILES string of the molecule is CCC(C)(C)OC[C@H]1OC[C@H](O)[C@@H]1O. The summed E-state index contributed by atoms with van der Waals surface area (Å²) in [5.74, 6) is 0. The Kier molecular flexibility index (Phi) is 3.89. The molecule has 2 N–H and O–H groups in total. The normalized spacial score (nSPS) is 33.6. The first-order valence-corrected chi connectivity index (χ1v) is 5.08. The van der Waals surface area contributed by atoms with Crippen LogP contribution in [-0.4, -0.2) is 47.3 Å². The second kappa shape index (κ2) is 4.57. The van der Waals surface area contributed by atoms with Crippen molar-refractivity contribution in [2.45, 2.75) is 51.1 Å². The van der Waals surface area contributed by atoms with Gasteiger partial charge in [-0.15, -0.1) is 0 Å². The quantitative estimate of drug-likeness (QED) is 0.692. The molecule has 0 radical (unpaired) electrons. The molecule has 1 saturated heterocycles. The number of rotatable bonds is 4. The fourth-order valence-electron chi connectivity index (χ4n) is 1.22. The first-order valence-electron chi connectivity index (χ1n) is 5.08. The van der Waals surface area contributed by atoms with E-state index in [9.17, 15) is 10.2 Å². The Morgan fingerprint density at radius 2 is 2.07 bits per heavy atom. The summed E-state index contributed by atoms with van der Waals surface area (Å²) in [5, 5.41) is 18.7. The Labute approximate surface area is 84.8 Å². The van der Waals surface area contributed by atoms with Gasteiger partial charge < -0.3 is 19.7 Å². The molecule has 0 unspecified atom stereocenters. The lowest BCUT2D eigenvalue weighted by atomic mass is 10.1. The third kappa shape index (κ3) is 2.92. The lowest BCUT2D eigenvalue weighted by molar-refractivity contribution is -0.0878. The molecule has 0 aromatic carbocycles. The molecule has 84 valence electrons. The average Bonchev–Trinajstić information content (AvgIpc) is 2.45. The van der Waals surface area contributed by atoms with E-state index < -0.39 is 18.3 Å². The van der Waals surface area contributed by atoms with Gasteiger partial charge in [0.1, 0.15) is 18.3 Å². The number of aliphatic hydroxyl groups excluding tert-OH is 2. The van der Waals surface area contributed by atoms with Gasteiger partial charge in [0.15, 0.2) is 0 Å². The molecule has 0 bridgehead atoms. The predicted octanol–water partition coefficient (Wildman–Crippen LogP) is 0.312. The van der Waals surface area contributed by atoms with Crippen LogP contribution >= 0.6 is 0 Å². The summed E-state index contributed by atoms with van der Waals surface area (Å²) in [4.78, 5) is 0. The van der Waals surface area contributed by atoms with Crippen molar-refractivity contribution in [1.82, 2.24) is 0 Å². The van der Waals surface area contributed by atoms with E-state index in [-0.39, 0.29) is 12.2 Å². The van der Waals surface area contributed by atoms with E-state index in [1.54, 1.807) is 0 Å². The molecule has 4 heteroatoms. The van der Waals surface area contributed by atoms with E-state index >= 15 is 0 Å². The summed E-state index contributed by atoms with van der Waals surface area (Å²) in [7, 11) is 0. The average molecular weight is 204 g/mol. The predicted molar refractivity (Wildman–Crippen MR) is 52.1 cm³/mol. The minimum Gasteiger partial charge on any atom is -0.388 e. The molecule has 1 aliphatic heterocycles. The molecule has 0 aromatic heterocycles. The van der Waals surface area contributed by atoms with Gasteiger partial charge in [0.2, 0.25) is 0 Å². The van der Waals surface area contributed by atoms with Crippen LogP contribution in [-0.2, 0) is 9.47 Å². The molecule has 1 fully saturated rings. The van der Waals surface area contributed by atoms with E-state index in [1.165, 1.54) is 0 Å². The first kappa shape index (κ1) is 11.9. The highest BCUT2D eigenvalue weighted by atomic mass is 16.6. The summed E-state index contributed by atoms with van der Waals surface area (Å²) in [5.41, 5.74) is -0.198. The van der Waals surface area contributed by atoms with Gasteiger partial charge in [-0.3, -0.25) is 0 Å². The highest BCUT2D eigenvalue weighted by molar-refractivity contribution is 4.83. The van der Waals surface area contributed by atoms with Crippen molar-refractivity contribution in [1.29, 1.82) is 0 Å². The topological polar surface area (TPSA) is 58.9 Å². The number of hydrogen-bond donors (Lipinski definition) is 2. The van der Waals surface area contributed by atoms with Gasteiger partial charge in [-0.05, 0) is 20.3 Å². The van der Waals surface area contributed by atoms with Crippen LogP contribution in [0.3, 0.4) is 0 Å². The summed E-state index contributed by atoms with van der Waals surface area (Å²) < 4.78 is 10.8. The fourth-order valence-corrected chi connectivity index (χ4v) is 1.22. The van der Waals surface area contributed by atoms with E-state index in [0.717, 1.165) is 6.42 Å². The number of hydrogen-bond acceptors (Lipinski definition) is 4. The van der Waals surface area contributed by atoms with Crippen LogP contribution in [0.15, 0.2) is 0 Å². The van der Waals surface area contributed by atoms with E-state index in [1.807, 2.05) is 20.8 Å². The van der Waals surface area contributed by atoms with Crippen LogP contribution in [0.2, 0.25) is 0 Å². The van der Waals surface area contributed by atoms with Crippen molar-refractivity contribution in [3.8, 4) is 0 Å². The molecule has 0 spiro atoms. The molecule has 0 amide bonds. The Balaban J connectivity index is 2.32. The third-order valence-corrected chi connectivity index (χ3v) is 2.75. The second-order valence-electron chi connectivity index (χ2n) is 4.35. The lowest BCUT2D eigenvalue weighted by Crippen LogP contribution is -2.36.